The van der Waals surface area contributed by atoms with Crippen LogP contribution in [0.1, 0.15) is 45.4 Å². The Hall–Kier alpha value is -0.610. The summed E-state index contributed by atoms with van der Waals surface area (Å²) in [5.41, 5.74) is 0. The van der Waals surface area contributed by atoms with E-state index in [-0.39, 0.29) is 11.9 Å². The number of aliphatic hydroxyl groups is 1. The van der Waals surface area contributed by atoms with Crippen molar-refractivity contribution in [3.05, 3.63) is 0 Å². The van der Waals surface area contributed by atoms with E-state index >= 15 is 0 Å². The van der Waals surface area contributed by atoms with Gasteiger partial charge >= 0.3 is 0 Å². The number of aliphatic hydroxyl groups excluding tert-OH is 1. The van der Waals surface area contributed by atoms with Gasteiger partial charge in [-0.25, -0.2) is 0 Å². The van der Waals surface area contributed by atoms with Crippen LogP contribution in [0.5, 0.6) is 0 Å². The van der Waals surface area contributed by atoms with E-state index in [1.165, 1.54) is 32.1 Å². The minimum atomic E-state index is -0.468. The quantitative estimate of drug-likeness (QED) is 0.683. The summed E-state index contributed by atoms with van der Waals surface area (Å²) in [5, 5.41) is 15.4. The van der Waals surface area contributed by atoms with E-state index in [2.05, 4.69) is 10.6 Å². The highest BCUT2D eigenvalue weighted by atomic mass is 16.3. The number of piperidine rings is 1. The molecule has 0 spiro atoms. The van der Waals surface area contributed by atoms with Gasteiger partial charge in [0.1, 0.15) is 0 Å². The number of carbonyl (C=O) groups is 1. The summed E-state index contributed by atoms with van der Waals surface area (Å²) in [5.74, 6) is 0.833. The van der Waals surface area contributed by atoms with Crippen LogP contribution in [0.4, 0.5) is 0 Å². The largest absolute Gasteiger partial charge is 0.392 e. The number of fused-ring (bicyclic) bond motifs is 1. The minimum Gasteiger partial charge on any atom is -0.392 e. The van der Waals surface area contributed by atoms with Gasteiger partial charge in [0.15, 0.2) is 0 Å². The molecular formula is C13H24N2O2. The molecule has 1 aliphatic heterocycles. The average molecular weight is 240 g/mol. The lowest BCUT2D eigenvalue weighted by atomic mass is 9.77. The zero-order valence-electron chi connectivity index (χ0n) is 10.6. The van der Waals surface area contributed by atoms with E-state index in [9.17, 15) is 4.79 Å². The average Bonchev–Trinajstić information content (AvgIpc) is 2.35. The van der Waals surface area contributed by atoms with Gasteiger partial charge < -0.3 is 15.7 Å². The molecule has 4 heteroatoms. The Labute approximate surface area is 103 Å². The molecule has 98 valence electrons. The highest BCUT2D eigenvalue weighted by molar-refractivity contribution is 5.81. The molecule has 1 saturated carbocycles. The molecule has 3 N–H and O–H groups in total. The van der Waals surface area contributed by atoms with E-state index in [1.807, 2.05) is 0 Å². The van der Waals surface area contributed by atoms with Crippen molar-refractivity contribution in [2.45, 2.75) is 63.6 Å². The molecule has 4 atom stereocenters. The third-order valence-corrected chi connectivity index (χ3v) is 4.04. The number of rotatable bonds is 3. The summed E-state index contributed by atoms with van der Waals surface area (Å²) in [6.07, 6.45) is 6.81. The van der Waals surface area contributed by atoms with Crippen LogP contribution in [-0.4, -0.2) is 35.7 Å². The van der Waals surface area contributed by atoms with E-state index in [0.29, 0.717) is 12.6 Å². The fourth-order valence-electron chi connectivity index (χ4n) is 3.07. The summed E-state index contributed by atoms with van der Waals surface area (Å²) in [6.45, 7) is 2.04. The van der Waals surface area contributed by atoms with Gasteiger partial charge in [0.2, 0.25) is 5.91 Å². The zero-order valence-corrected chi connectivity index (χ0v) is 10.6. The Balaban J connectivity index is 1.80. The fraction of sp³-hybridized carbons (Fsp3) is 0.923. The molecule has 2 rings (SSSR count). The van der Waals surface area contributed by atoms with Crippen molar-refractivity contribution in [1.82, 2.24) is 10.6 Å². The SMILES string of the molecule is CC(O)CNC(=O)C1CCC2CCCCC2N1. The lowest BCUT2D eigenvalue weighted by molar-refractivity contribution is -0.124. The van der Waals surface area contributed by atoms with Crippen LogP contribution in [-0.2, 0) is 4.79 Å². The summed E-state index contributed by atoms with van der Waals surface area (Å²) in [6, 6.07) is 0.493. The van der Waals surface area contributed by atoms with Crippen LogP contribution >= 0.6 is 0 Å². The standard InChI is InChI=1S/C13H24N2O2/c1-9(16)8-14-13(17)12-7-6-10-4-2-3-5-11(10)15-12/h9-12,15-16H,2-8H2,1H3,(H,14,17). The zero-order chi connectivity index (χ0) is 12.3. The van der Waals surface area contributed by atoms with Crippen LogP contribution in [0.25, 0.3) is 0 Å². The van der Waals surface area contributed by atoms with E-state index in [4.69, 9.17) is 5.11 Å². The number of hydrogen-bond acceptors (Lipinski definition) is 3. The van der Waals surface area contributed by atoms with Gasteiger partial charge in [-0.15, -0.1) is 0 Å². The summed E-state index contributed by atoms with van der Waals surface area (Å²) < 4.78 is 0. The van der Waals surface area contributed by atoms with E-state index < -0.39 is 6.10 Å². The Morgan fingerprint density at radius 1 is 1.35 bits per heavy atom. The van der Waals surface area contributed by atoms with Crippen molar-refractivity contribution in [3.8, 4) is 0 Å². The number of nitrogens with one attached hydrogen (secondary N) is 2. The molecule has 0 bridgehead atoms. The van der Waals surface area contributed by atoms with Crippen LogP contribution in [0, 0.1) is 5.92 Å². The molecule has 0 aromatic carbocycles. The lowest BCUT2D eigenvalue weighted by Gasteiger charge is -2.39. The maximum Gasteiger partial charge on any atom is 0.237 e. The van der Waals surface area contributed by atoms with Crippen LogP contribution < -0.4 is 10.6 Å². The third-order valence-electron chi connectivity index (χ3n) is 4.04. The van der Waals surface area contributed by atoms with Crippen molar-refractivity contribution < 1.29 is 9.90 Å². The van der Waals surface area contributed by atoms with Crippen molar-refractivity contribution >= 4 is 5.91 Å². The second-order valence-electron chi connectivity index (χ2n) is 5.54. The monoisotopic (exact) mass is 240 g/mol. The lowest BCUT2D eigenvalue weighted by Crippen LogP contribution is -2.55. The Morgan fingerprint density at radius 2 is 2.12 bits per heavy atom. The van der Waals surface area contributed by atoms with Gasteiger partial charge in [-0.05, 0) is 38.5 Å². The molecule has 1 saturated heterocycles. The molecule has 0 aromatic rings. The van der Waals surface area contributed by atoms with Crippen molar-refractivity contribution in [2.24, 2.45) is 5.92 Å². The third kappa shape index (κ3) is 3.42. The molecule has 4 unspecified atom stereocenters. The first kappa shape index (κ1) is 12.8. The van der Waals surface area contributed by atoms with Crippen LogP contribution in [0.3, 0.4) is 0 Å². The van der Waals surface area contributed by atoms with Crippen LogP contribution in [0.15, 0.2) is 0 Å². The smallest absolute Gasteiger partial charge is 0.237 e. The molecular weight excluding hydrogens is 216 g/mol. The normalized spacial score (nSPS) is 34.8. The van der Waals surface area contributed by atoms with Gasteiger partial charge in [-0.1, -0.05) is 12.8 Å². The predicted octanol–water partition coefficient (Wildman–Crippen LogP) is 0.794. The summed E-state index contributed by atoms with van der Waals surface area (Å²) >= 11 is 0. The minimum absolute atomic E-state index is 0.0481. The molecule has 4 nitrogen and oxygen atoms in total. The highest BCUT2D eigenvalue weighted by Gasteiger charge is 2.34. The second kappa shape index (κ2) is 5.83. The second-order valence-corrected chi connectivity index (χ2v) is 5.54. The Bertz CT molecular complexity index is 268. The Morgan fingerprint density at radius 3 is 2.88 bits per heavy atom. The van der Waals surface area contributed by atoms with Crippen molar-refractivity contribution in [1.29, 1.82) is 0 Å². The number of carbonyl (C=O) groups excluding carboxylic acids is 1. The number of hydrogen-bond donors (Lipinski definition) is 3. The molecule has 1 heterocycles. The van der Waals surface area contributed by atoms with E-state index in [0.717, 1.165) is 12.3 Å². The Kier molecular flexibility index (Phi) is 4.40. The van der Waals surface area contributed by atoms with E-state index in [1.54, 1.807) is 6.92 Å². The van der Waals surface area contributed by atoms with Crippen molar-refractivity contribution in [3.63, 3.8) is 0 Å². The van der Waals surface area contributed by atoms with Gasteiger partial charge in [0.05, 0.1) is 12.1 Å². The predicted molar refractivity (Wildman–Crippen MR) is 66.6 cm³/mol. The van der Waals surface area contributed by atoms with Gasteiger partial charge in [0.25, 0.3) is 0 Å². The maximum absolute atomic E-state index is 11.9. The van der Waals surface area contributed by atoms with Gasteiger partial charge in [-0.2, -0.15) is 0 Å². The molecule has 1 aliphatic carbocycles. The summed E-state index contributed by atoms with van der Waals surface area (Å²) in [7, 11) is 0. The highest BCUT2D eigenvalue weighted by Crippen LogP contribution is 2.32. The van der Waals surface area contributed by atoms with Gasteiger partial charge in [0, 0.05) is 12.6 Å². The maximum atomic E-state index is 11.9. The first-order valence-electron chi connectivity index (χ1n) is 6.88. The first-order chi connectivity index (χ1) is 8.16. The molecule has 0 aromatic heterocycles. The van der Waals surface area contributed by atoms with Crippen LogP contribution in [0.2, 0.25) is 0 Å². The molecule has 2 aliphatic rings. The molecule has 2 fully saturated rings. The first-order valence-corrected chi connectivity index (χ1v) is 6.88. The molecule has 1 amide bonds. The molecule has 17 heavy (non-hydrogen) atoms. The summed E-state index contributed by atoms with van der Waals surface area (Å²) in [4.78, 5) is 11.9. The van der Waals surface area contributed by atoms with Crippen molar-refractivity contribution in [2.75, 3.05) is 6.54 Å². The number of amides is 1. The fourth-order valence-corrected chi connectivity index (χ4v) is 3.07. The van der Waals surface area contributed by atoms with Gasteiger partial charge in [-0.3, -0.25) is 4.79 Å². The topological polar surface area (TPSA) is 61.4 Å². The molecule has 0 radical (unpaired) electrons.